The summed E-state index contributed by atoms with van der Waals surface area (Å²) in [6, 6.07) is 9.84. The zero-order valence-corrected chi connectivity index (χ0v) is 15.5. The molecule has 1 heterocycles. The molecule has 1 aliphatic heterocycles. The summed E-state index contributed by atoms with van der Waals surface area (Å²) in [5.41, 5.74) is 2.01. The Kier molecular flexibility index (Phi) is 5.26. The number of amides is 2. The number of hydrogen-bond donors (Lipinski definition) is 0. The van der Waals surface area contributed by atoms with Gasteiger partial charge in [0.2, 0.25) is 0 Å². The van der Waals surface area contributed by atoms with Gasteiger partial charge in [0.15, 0.2) is 6.29 Å². The molecule has 0 radical (unpaired) electrons. The van der Waals surface area contributed by atoms with E-state index in [2.05, 4.69) is 0 Å². The van der Waals surface area contributed by atoms with Gasteiger partial charge in [-0.3, -0.25) is 19.3 Å². The fraction of sp³-hybridized carbons (Fsp3) is 0.286. The molecule has 0 N–H and O–H groups in total. The number of benzene rings is 2. The Morgan fingerprint density at radius 1 is 1.00 bits per heavy atom. The largest absolute Gasteiger partial charge is 0.496 e. The van der Waals surface area contributed by atoms with Crippen molar-refractivity contribution in [2.24, 2.45) is 0 Å². The van der Waals surface area contributed by atoms with E-state index in [0.717, 1.165) is 5.56 Å². The minimum Gasteiger partial charge on any atom is -0.496 e. The standard InChI is InChI=1S/C21H21NO5/c1-4-15(22-20(24)16-7-5-6-8-17(16)21(22)25)9-13-10-19(27-3)14(12-23)11-18(13)26-2/h5-8,10-12,15H,4,9H2,1-3H3. The van der Waals surface area contributed by atoms with Crippen LogP contribution in [0.1, 0.15) is 50.0 Å². The van der Waals surface area contributed by atoms with Gasteiger partial charge in [-0.05, 0) is 42.7 Å². The predicted octanol–water partition coefficient (Wildman–Crippen LogP) is 3.13. The van der Waals surface area contributed by atoms with Crippen LogP contribution in [0, 0.1) is 0 Å². The van der Waals surface area contributed by atoms with Gasteiger partial charge in [-0.15, -0.1) is 0 Å². The van der Waals surface area contributed by atoms with Crippen molar-refractivity contribution in [3.8, 4) is 11.5 Å². The minimum atomic E-state index is -0.335. The quantitative estimate of drug-likeness (QED) is 0.555. The van der Waals surface area contributed by atoms with Crippen LogP contribution in [0.3, 0.4) is 0 Å². The average Bonchev–Trinajstić information content (AvgIpc) is 2.96. The van der Waals surface area contributed by atoms with Crippen LogP contribution in [-0.2, 0) is 6.42 Å². The lowest BCUT2D eigenvalue weighted by atomic mass is 9.99. The summed E-state index contributed by atoms with van der Waals surface area (Å²) in [5.74, 6) is 0.391. The maximum absolute atomic E-state index is 12.8. The summed E-state index contributed by atoms with van der Waals surface area (Å²) < 4.78 is 10.7. The number of fused-ring (bicyclic) bond motifs is 1. The first-order valence-electron chi connectivity index (χ1n) is 8.72. The molecule has 6 heteroatoms. The van der Waals surface area contributed by atoms with Crippen LogP contribution in [0.4, 0.5) is 0 Å². The zero-order chi connectivity index (χ0) is 19.6. The number of nitrogens with zero attached hydrogens (tertiary/aromatic N) is 1. The van der Waals surface area contributed by atoms with E-state index in [4.69, 9.17) is 9.47 Å². The summed E-state index contributed by atoms with van der Waals surface area (Å²) in [4.78, 5) is 38.1. The van der Waals surface area contributed by atoms with E-state index in [9.17, 15) is 14.4 Å². The van der Waals surface area contributed by atoms with Gasteiger partial charge in [0, 0.05) is 6.04 Å². The van der Waals surface area contributed by atoms with Gasteiger partial charge in [-0.25, -0.2) is 0 Å². The Bertz CT molecular complexity index is 870. The third-order valence-electron chi connectivity index (χ3n) is 4.88. The van der Waals surface area contributed by atoms with Gasteiger partial charge < -0.3 is 9.47 Å². The molecular weight excluding hydrogens is 346 g/mol. The van der Waals surface area contributed by atoms with Crippen molar-refractivity contribution in [1.82, 2.24) is 4.90 Å². The molecule has 1 unspecified atom stereocenters. The maximum Gasteiger partial charge on any atom is 0.261 e. The number of rotatable bonds is 7. The van der Waals surface area contributed by atoms with Gasteiger partial charge in [0.25, 0.3) is 11.8 Å². The summed E-state index contributed by atoms with van der Waals surface area (Å²) in [7, 11) is 3.00. The number of hydrogen-bond acceptors (Lipinski definition) is 5. The number of ether oxygens (including phenoxy) is 2. The third kappa shape index (κ3) is 3.18. The number of methoxy groups -OCH3 is 2. The molecule has 0 saturated carbocycles. The van der Waals surface area contributed by atoms with E-state index in [0.29, 0.717) is 47.3 Å². The first kappa shape index (κ1) is 18.6. The highest BCUT2D eigenvalue weighted by Gasteiger charge is 2.39. The SMILES string of the molecule is CCC(Cc1cc(OC)c(C=O)cc1OC)N1C(=O)c2ccccc2C1=O. The van der Waals surface area contributed by atoms with Crippen LogP contribution in [0.15, 0.2) is 36.4 Å². The molecule has 0 bridgehead atoms. The number of aldehydes is 1. The number of carbonyl (C=O) groups is 3. The molecule has 2 aromatic carbocycles. The van der Waals surface area contributed by atoms with Gasteiger partial charge in [0.1, 0.15) is 11.5 Å². The van der Waals surface area contributed by atoms with Crippen LogP contribution in [-0.4, -0.2) is 43.3 Å². The lowest BCUT2D eigenvalue weighted by Crippen LogP contribution is -2.40. The topological polar surface area (TPSA) is 72.9 Å². The predicted molar refractivity (Wildman–Crippen MR) is 99.7 cm³/mol. The van der Waals surface area contributed by atoms with Crippen molar-refractivity contribution < 1.29 is 23.9 Å². The molecule has 0 saturated heterocycles. The van der Waals surface area contributed by atoms with Crippen LogP contribution in [0.25, 0.3) is 0 Å². The lowest BCUT2D eigenvalue weighted by molar-refractivity contribution is 0.0578. The number of carbonyl (C=O) groups excluding carboxylic acids is 3. The molecule has 0 aromatic heterocycles. The van der Waals surface area contributed by atoms with E-state index in [1.807, 2.05) is 6.92 Å². The second kappa shape index (κ2) is 7.61. The molecule has 27 heavy (non-hydrogen) atoms. The fourth-order valence-electron chi connectivity index (χ4n) is 3.45. The van der Waals surface area contributed by atoms with Crippen molar-refractivity contribution in [3.05, 3.63) is 58.7 Å². The van der Waals surface area contributed by atoms with Crippen molar-refractivity contribution in [2.75, 3.05) is 14.2 Å². The van der Waals surface area contributed by atoms with Crippen molar-refractivity contribution in [3.63, 3.8) is 0 Å². The summed E-state index contributed by atoms with van der Waals surface area (Å²) in [6.45, 7) is 1.93. The normalized spacial score (nSPS) is 14.1. The Labute approximate surface area is 157 Å². The van der Waals surface area contributed by atoms with Crippen LogP contribution in [0.2, 0.25) is 0 Å². The summed E-state index contributed by atoms with van der Waals surface area (Å²) in [6.07, 6.45) is 1.69. The molecule has 0 aliphatic carbocycles. The Balaban J connectivity index is 1.96. The Morgan fingerprint density at radius 3 is 2.07 bits per heavy atom. The second-order valence-electron chi connectivity index (χ2n) is 6.32. The molecular formula is C21H21NO5. The zero-order valence-electron chi connectivity index (χ0n) is 15.5. The van der Waals surface area contributed by atoms with Crippen LogP contribution < -0.4 is 9.47 Å². The molecule has 6 nitrogen and oxygen atoms in total. The van der Waals surface area contributed by atoms with Crippen LogP contribution >= 0.6 is 0 Å². The average molecular weight is 367 g/mol. The lowest BCUT2D eigenvalue weighted by Gasteiger charge is -2.26. The molecule has 2 amide bonds. The molecule has 1 aliphatic rings. The van der Waals surface area contributed by atoms with E-state index in [-0.39, 0.29) is 17.9 Å². The van der Waals surface area contributed by atoms with E-state index in [1.165, 1.54) is 19.1 Å². The van der Waals surface area contributed by atoms with E-state index in [1.54, 1.807) is 36.4 Å². The smallest absolute Gasteiger partial charge is 0.261 e. The highest BCUT2D eigenvalue weighted by atomic mass is 16.5. The molecule has 0 fully saturated rings. The summed E-state index contributed by atoms with van der Waals surface area (Å²) >= 11 is 0. The molecule has 0 spiro atoms. The van der Waals surface area contributed by atoms with Gasteiger partial charge in [0.05, 0.1) is 30.9 Å². The van der Waals surface area contributed by atoms with Crippen molar-refractivity contribution in [2.45, 2.75) is 25.8 Å². The second-order valence-corrected chi connectivity index (χ2v) is 6.32. The van der Waals surface area contributed by atoms with Gasteiger partial charge >= 0.3 is 0 Å². The Morgan fingerprint density at radius 2 is 1.59 bits per heavy atom. The monoisotopic (exact) mass is 367 g/mol. The van der Waals surface area contributed by atoms with Crippen molar-refractivity contribution >= 4 is 18.1 Å². The molecule has 1 atom stereocenters. The van der Waals surface area contributed by atoms with Crippen LogP contribution in [0.5, 0.6) is 11.5 Å². The van der Waals surface area contributed by atoms with E-state index >= 15 is 0 Å². The van der Waals surface area contributed by atoms with Gasteiger partial charge in [-0.2, -0.15) is 0 Å². The Hall–Kier alpha value is -3.15. The first-order valence-corrected chi connectivity index (χ1v) is 8.72. The maximum atomic E-state index is 12.8. The number of imide groups is 1. The molecule has 3 rings (SSSR count). The molecule has 2 aromatic rings. The highest BCUT2D eigenvalue weighted by Crippen LogP contribution is 2.32. The third-order valence-corrected chi connectivity index (χ3v) is 4.88. The van der Waals surface area contributed by atoms with Crippen molar-refractivity contribution in [1.29, 1.82) is 0 Å². The highest BCUT2D eigenvalue weighted by molar-refractivity contribution is 6.21. The minimum absolute atomic E-state index is 0.280. The van der Waals surface area contributed by atoms with E-state index < -0.39 is 0 Å². The van der Waals surface area contributed by atoms with Gasteiger partial charge in [-0.1, -0.05) is 19.1 Å². The summed E-state index contributed by atoms with van der Waals surface area (Å²) in [5, 5.41) is 0. The first-order chi connectivity index (χ1) is 13.0. The fourth-order valence-corrected chi connectivity index (χ4v) is 3.45. The molecule has 140 valence electrons.